The van der Waals surface area contributed by atoms with Gasteiger partial charge in [-0.3, -0.25) is 4.79 Å². The van der Waals surface area contributed by atoms with Gasteiger partial charge in [0.2, 0.25) is 0 Å². The summed E-state index contributed by atoms with van der Waals surface area (Å²) < 4.78 is 5.13. The fourth-order valence-electron chi connectivity index (χ4n) is 2.26. The first kappa shape index (κ1) is 18.2. The molecule has 1 aromatic carbocycles. The molecule has 128 valence electrons. The van der Waals surface area contributed by atoms with Crippen LogP contribution >= 0.6 is 11.3 Å². The molecule has 0 aliphatic heterocycles. The summed E-state index contributed by atoms with van der Waals surface area (Å²) in [6, 6.07) is 8.80. The van der Waals surface area contributed by atoms with Gasteiger partial charge in [0, 0.05) is 11.3 Å². The minimum absolute atomic E-state index is 0.0553. The first-order chi connectivity index (χ1) is 11.4. The number of nitrogens with one attached hydrogen (secondary N) is 2. The minimum atomic E-state index is -0.359. The molecule has 0 saturated carbocycles. The molecule has 2 N–H and O–H groups in total. The Hall–Kier alpha value is -2.18. The van der Waals surface area contributed by atoms with E-state index in [1.54, 1.807) is 49.4 Å². The maximum absolute atomic E-state index is 12.1. The summed E-state index contributed by atoms with van der Waals surface area (Å²) in [5.74, 6) is -0.414. The van der Waals surface area contributed by atoms with Crippen molar-refractivity contribution in [2.75, 3.05) is 18.9 Å². The van der Waals surface area contributed by atoms with Crippen molar-refractivity contribution in [1.29, 1.82) is 0 Å². The Morgan fingerprint density at radius 1 is 1.21 bits per heavy atom. The largest absolute Gasteiger partial charge is 0.459 e. The Bertz CT molecular complexity index is 666. The molecule has 1 heterocycles. The molecule has 6 heteroatoms. The molecule has 24 heavy (non-hydrogen) atoms. The third kappa shape index (κ3) is 5.79. The molecule has 1 atom stereocenters. The Morgan fingerprint density at radius 2 is 1.92 bits per heavy atom. The summed E-state index contributed by atoms with van der Waals surface area (Å²) in [7, 11) is 1.99. The molecule has 0 radical (unpaired) electrons. The number of thiophene rings is 1. The zero-order valence-electron chi connectivity index (χ0n) is 14.2. The van der Waals surface area contributed by atoms with E-state index in [1.807, 2.05) is 12.4 Å². The summed E-state index contributed by atoms with van der Waals surface area (Å²) in [6.07, 6.45) is -0.154. The van der Waals surface area contributed by atoms with Crippen LogP contribution in [0.1, 0.15) is 29.8 Å². The van der Waals surface area contributed by atoms with Crippen molar-refractivity contribution < 1.29 is 19.2 Å². The van der Waals surface area contributed by atoms with Crippen LogP contribution in [0, 0.1) is 0 Å². The molecule has 5 nitrogen and oxygen atoms in total. The Kier molecular flexibility index (Phi) is 6.52. The van der Waals surface area contributed by atoms with Crippen LogP contribution in [-0.4, -0.2) is 31.6 Å². The fourth-order valence-corrected chi connectivity index (χ4v) is 2.92. The maximum atomic E-state index is 12.1. The fraction of sp³-hybridized carbons (Fsp3) is 0.333. The summed E-state index contributed by atoms with van der Waals surface area (Å²) in [5, 5.41) is 6.98. The number of carbonyl (C=O) groups excluding carboxylic acids is 2. The predicted molar refractivity (Wildman–Crippen MR) is 95.4 cm³/mol. The number of benzene rings is 1. The van der Waals surface area contributed by atoms with E-state index in [0.29, 0.717) is 17.8 Å². The van der Waals surface area contributed by atoms with Gasteiger partial charge in [-0.25, -0.2) is 4.79 Å². The highest BCUT2D eigenvalue weighted by atomic mass is 32.1. The average molecular weight is 347 g/mol. The molecule has 0 fully saturated rings. The average Bonchev–Trinajstić information content (AvgIpc) is 2.99. The normalized spacial score (nSPS) is 12.0. The zero-order valence-corrected chi connectivity index (χ0v) is 15.0. The van der Waals surface area contributed by atoms with Crippen LogP contribution in [0.2, 0.25) is 0 Å². The topological polar surface area (TPSA) is 59.8 Å². The maximum Gasteiger partial charge on any atom is 0.338 e. The standard InChI is InChI=1S/C18H22N2O3S/c1-13(2)23-18(22)15-4-6-16(7-5-15)19-17(21)11-20(3)10-14-8-9-24-12-14/h4-9,12-13H,10-11H2,1-3H3,(H,19,21)/p+1. The van der Waals surface area contributed by atoms with Gasteiger partial charge in [-0.05, 0) is 54.9 Å². The van der Waals surface area contributed by atoms with Crippen LogP contribution in [-0.2, 0) is 16.1 Å². The molecule has 1 amide bonds. The van der Waals surface area contributed by atoms with Gasteiger partial charge >= 0.3 is 5.97 Å². The lowest BCUT2D eigenvalue weighted by Gasteiger charge is -2.13. The van der Waals surface area contributed by atoms with Crippen molar-refractivity contribution in [1.82, 2.24) is 0 Å². The molecule has 2 rings (SSSR count). The number of hydrogen-bond donors (Lipinski definition) is 2. The molecule has 0 spiro atoms. The van der Waals surface area contributed by atoms with Crippen LogP contribution in [0.4, 0.5) is 5.69 Å². The highest BCUT2D eigenvalue weighted by Crippen LogP contribution is 2.11. The van der Waals surface area contributed by atoms with Gasteiger partial charge in [0.15, 0.2) is 6.54 Å². The van der Waals surface area contributed by atoms with Crippen molar-refractivity contribution in [3.8, 4) is 0 Å². The molecule has 2 aromatic rings. The molecule has 1 unspecified atom stereocenters. The van der Waals surface area contributed by atoms with E-state index in [4.69, 9.17) is 4.74 Å². The molecular formula is C18H23N2O3S+. The Morgan fingerprint density at radius 3 is 2.50 bits per heavy atom. The third-order valence-electron chi connectivity index (χ3n) is 3.30. The zero-order chi connectivity index (χ0) is 17.5. The molecule has 0 aliphatic carbocycles. The molecule has 0 saturated heterocycles. The number of likely N-dealkylation sites (N-methyl/N-ethyl adjacent to an activating group) is 1. The molecular weight excluding hydrogens is 324 g/mol. The highest BCUT2D eigenvalue weighted by molar-refractivity contribution is 7.07. The van der Waals surface area contributed by atoms with Crippen LogP contribution in [0.5, 0.6) is 0 Å². The van der Waals surface area contributed by atoms with Gasteiger partial charge < -0.3 is 15.0 Å². The van der Waals surface area contributed by atoms with Gasteiger partial charge in [-0.2, -0.15) is 11.3 Å². The van der Waals surface area contributed by atoms with Crippen molar-refractivity contribution in [3.05, 3.63) is 52.2 Å². The first-order valence-corrected chi connectivity index (χ1v) is 8.81. The number of ether oxygens (including phenoxy) is 1. The SMILES string of the molecule is CC(C)OC(=O)c1ccc(NC(=O)C[NH+](C)Cc2ccsc2)cc1. The van der Waals surface area contributed by atoms with Gasteiger partial charge in [0.25, 0.3) is 5.91 Å². The highest BCUT2D eigenvalue weighted by Gasteiger charge is 2.12. The Balaban J connectivity index is 1.84. The number of hydrogen-bond acceptors (Lipinski definition) is 4. The lowest BCUT2D eigenvalue weighted by Crippen LogP contribution is -3.08. The van der Waals surface area contributed by atoms with Crippen molar-refractivity contribution in [2.45, 2.75) is 26.5 Å². The smallest absolute Gasteiger partial charge is 0.338 e. The van der Waals surface area contributed by atoms with E-state index in [1.165, 1.54) is 5.56 Å². The minimum Gasteiger partial charge on any atom is -0.459 e. The summed E-state index contributed by atoms with van der Waals surface area (Å²) in [6.45, 7) is 4.81. The van der Waals surface area contributed by atoms with Crippen molar-refractivity contribution in [3.63, 3.8) is 0 Å². The summed E-state index contributed by atoms with van der Waals surface area (Å²) >= 11 is 1.66. The van der Waals surface area contributed by atoms with Crippen LogP contribution in [0.25, 0.3) is 0 Å². The van der Waals surface area contributed by atoms with E-state index < -0.39 is 0 Å². The molecule has 1 aromatic heterocycles. The Labute approximate surface area is 146 Å². The monoisotopic (exact) mass is 347 g/mol. The lowest BCUT2D eigenvalue weighted by atomic mass is 10.2. The predicted octanol–water partition coefficient (Wildman–Crippen LogP) is 1.97. The van der Waals surface area contributed by atoms with Crippen LogP contribution < -0.4 is 10.2 Å². The number of anilines is 1. The summed E-state index contributed by atoms with van der Waals surface area (Å²) in [5.41, 5.74) is 2.38. The first-order valence-electron chi connectivity index (χ1n) is 7.87. The van der Waals surface area contributed by atoms with Gasteiger partial charge in [0.05, 0.1) is 18.7 Å². The summed E-state index contributed by atoms with van der Waals surface area (Å²) in [4.78, 5) is 25.0. The van der Waals surface area contributed by atoms with Gasteiger partial charge in [-0.15, -0.1) is 0 Å². The third-order valence-corrected chi connectivity index (χ3v) is 4.03. The van der Waals surface area contributed by atoms with E-state index in [2.05, 4.69) is 16.8 Å². The van der Waals surface area contributed by atoms with Crippen molar-refractivity contribution >= 4 is 28.9 Å². The van der Waals surface area contributed by atoms with E-state index in [-0.39, 0.29) is 18.0 Å². The van der Waals surface area contributed by atoms with Gasteiger partial charge in [0.1, 0.15) is 6.54 Å². The molecule has 0 bridgehead atoms. The van der Waals surface area contributed by atoms with Gasteiger partial charge in [-0.1, -0.05) is 0 Å². The number of carbonyl (C=O) groups is 2. The number of rotatable bonds is 7. The second-order valence-corrected chi connectivity index (χ2v) is 6.80. The van der Waals surface area contributed by atoms with Crippen LogP contribution in [0.15, 0.2) is 41.1 Å². The number of amides is 1. The molecule has 0 aliphatic rings. The van der Waals surface area contributed by atoms with E-state index in [9.17, 15) is 9.59 Å². The quantitative estimate of drug-likeness (QED) is 0.753. The van der Waals surface area contributed by atoms with E-state index in [0.717, 1.165) is 11.4 Å². The van der Waals surface area contributed by atoms with Crippen molar-refractivity contribution in [2.24, 2.45) is 0 Å². The van der Waals surface area contributed by atoms with E-state index >= 15 is 0 Å². The number of esters is 1. The lowest BCUT2D eigenvalue weighted by molar-refractivity contribution is -0.885. The second kappa shape index (κ2) is 8.61. The second-order valence-electron chi connectivity index (χ2n) is 6.02. The van der Waals surface area contributed by atoms with Crippen LogP contribution in [0.3, 0.4) is 0 Å². The number of quaternary nitrogens is 1.